The Labute approximate surface area is 142 Å². The molecular weight excluding hydrogens is 316 g/mol. The van der Waals surface area contributed by atoms with E-state index >= 15 is 0 Å². The van der Waals surface area contributed by atoms with Crippen molar-refractivity contribution in [2.24, 2.45) is 10.9 Å². The van der Waals surface area contributed by atoms with E-state index in [1.165, 1.54) is 24.1 Å². The molecule has 2 aliphatic rings. The number of hydrogen-bond acceptors (Lipinski definition) is 3. The molecule has 0 unspecified atom stereocenters. The molecule has 1 aromatic heterocycles. The predicted octanol–water partition coefficient (Wildman–Crippen LogP) is 2.89. The molecule has 1 aliphatic heterocycles. The Hall–Kier alpha value is -0.780. The highest BCUT2D eigenvalue weighted by molar-refractivity contribution is 7.16. The smallest absolute Gasteiger partial charge is 0.193 e. The Morgan fingerprint density at radius 1 is 1.32 bits per heavy atom. The molecule has 1 aromatic rings. The van der Waals surface area contributed by atoms with Crippen molar-refractivity contribution >= 4 is 28.9 Å². The zero-order chi connectivity index (χ0) is 15.4. The zero-order valence-electron chi connectivity index (χ0n) is 13.2. The van der Waals surface area contributed by atoms with Crippen LogP contribution in [-0.4, -0.2) is 55.5 Å². The van der Waals surface area contributed by atoms with Crippen molar-refractivity contribution < 1.29 is 0 Å². The minimum Gasteiger partial charge on any atom is -0.356 e. The van der Waals surface area contributed by atoms with E-state index in [9.17, 15) is 0 Å². The van der Waals surface area contributed by atoms with Crippen molar-refractivity contribution in [3.63, 3.8) is 0 Å². The molecule has 1 saturated carbocycles. The molecule has 1 N–H and O–H groups in total. The Morgan fingerprint density at radius 3 is 2.68 bits per heavy atom. The largest absolute Gasteiger partial charge is 0.356 e. The molecule has 0 aromatic carbocycles. The highest BCUT2D eigenvalue weighted by Gasteiger charge is 2.22. The number of nitrogens with zero attached hydrogens (tertiary/aromatic N) is 3. The lowest BCUT2D eigenvalue weighted by atomic mass is 10.3. The third-order valence-corrected chi connectivity index (χ3v) is 5.64. The highest BCUT2D eigenvalue weighted by Crippen LogP contribution is 2.31. The fourth-order valence-corrected chi connectivity index (χ4v) is 4.03. The van der Waals surface area contributed by atoms with Crippen LogP contribution in [-0.2, 0) is 6.54 Å². The van der Waals surface area contributed by atoms with Crippen LogP contribution in [0.25, 0.3) is 0 Å². The van der Waals surface area contributed by atoms with Crippen LogP contribution in [0.4, 0.5) is 0 Å². The van der Waals surface area contributed by atoms with Crippen molar-refractivity contribution in [2.75, 3.05) is 39.8 Å². The standard InChI is InChI=1S/C16H25ClN4S/c1-18-16(19-7-6-13-2-3-13)21-10-8-20(9-11-21)12-14-4-5-15(17)22-14/h4-5,13H,2-3,6-12H2,1H3,(H,18,19). The summed E-state index contributed by atoms with van der Waals surface area (Å²) < 4.78 is 0.883. The van der Waals surface area contributed by atoms with E-state index in [2.05, 4.69) is 26.2 Å². The molecule has 122 valence electrons. The molecule has 1 aliphatic carbocycles. The molecule has 3 rings (SSSR count). The van der Waals surface area contributed by atoms with Crippen molar-refractivity contribution in [3.8, 4) is 0 Å². The second-order valence-electron chi connectivity index (χ2n) is 6.18. The Bertz CT molecular complexity index is 504. The van der Waals surface area contributed by atoms with E-state index in [1.54, 1.807) is 11.3 Å². The number of halogens is 1. The fourth-order valence-electron chi connectivity index (χ4n) is 2.90. The lowest BCUT2D eigenvalue weighted by Gasteiger charge is -2.36. The highest BCUT2D eigenvalue weighted by atomic mass is 35.5. The molecule has 0 spiro atoms. The number of piperazine rings is 1. The Balaban J connectivity index is 1.41. The van der Waals surface area contributed by atoms with Gasteiger partial charge >= 0.3 is 0 Å². The van der Waals surface area contributed by atoms with Crippen molar-refractivity contribution in [1.29, 1.82) is 0 Å². The normalized spacial score (nSPS) is 20.5. The van der Waals surface area contributed by atoms with E-state index in [0.717, 1.165) is 55.5 Å². The zero-order valence-corrected chi connectivity index (χ0v) is 14.8. The second kappa shape index (κ2) is 7.66. The van der Waals surface area contributed by atoms with Gasteiger partial charge in [-0.05, 0) is 24.5 Å². The number of nitrogens with one attached hydrogen (secondary N) is 1. The maximum absolute atomic E-state index is 6.00. The van der Waals surface area contributed by atoms with Crippen LogP contribution in [0.3, 0.4) is 0 Å². The molecule has 2 fully saturated rings. The average Bonchev–Trinajstić information content (AvgIpc) is 3.26. The Morgan fingerprint density at radius 2 is 2.09 bits per heavy atom. The first kappa shape index (κ1) is 16.1. The summed E-state index contributed by atoms with van der Waals surface area (Å²) in [5.74, 6) is 2.04. The number of rotatable bonds is 5. The maximum Gasteiger partial charge on any atom is 0.193 e. The number of thiophene rings is 1. The SMILES string of the molecule is CN=C(NCCC1CC1)N1CCN(Cc2ccc(Cl)s2)CC1. The van der Waals surface area contributed by atoms with Gasteiger partial charge in [0.2, 0.25) is 0 Å². The van der Waals surface area contributed by atoms with Crippen LogP contribution in [0.15, 0.2) is 17.1 Å². The summed E-state index contributed by atoms with van der Waals surface area (Å²) in [6.45, 7) is 6.33. The topological polar surface area (TPSA) is 30.9 Å². The summed E-state index contributed by atoms with van der Waals surface area (Å²) in [6, 6.07) is 4.13. The summed E-state index contributed by atoms with van der Waals surface area (Å²) in [6.07, 6.45) is 4.13. The summed E-state index contributed by atoms with van der Waals surface area (Å²) in [5.41, 5.74) is 0. The van der Waals surface area contributed by atoms with Crippen LogP contribution >= 0.6 is 22.9 Å². The van der Waals surface area contributed by atoms with E-state index in [4.69, 9.17) is 11.6 Å². The number of hydrogen-bond donors (Lipinski definition) is 1. The molecular formula is C16H25ClN4S. The van der Waals surface area contributed by atoms with Gasteiger partial charge in [0, 0.05) is 51.2 Å². The molecule has 2 heterocycles. The summed E-state index contributed by atoms with van der Waals surface area (Å²) >= 11 is 7.69. The minimum atomic E-state index is 0.883. The average molecular weight is 341 g/mol. The molecule has 0 amide bonds. The van der Waals surface area contributed by atoms with Gasteiger partial charge in [0.15, 0.2) is 5.96 Å². The molecule has 0 radical (unpaired) electrons. The first-order chi connectivity index (χ1) is 10.7. The van der Waals surface area contributed by atoms with Crippen LogP contribution in [0.2, 0.25) is 4.34 Å². The summed E-state index contributed by atoms with van der Waals surface area (Å²) in [4.78, 5) is 10.7. The monoisotopic (exact) mass is 340 g/mol. The molecule has 22 heavy (non-hydrogen) atoms. The first-order valence-corrected chi connectivity index (χ1v) is 9.36. The Kier molecular flexibility index (Phi) is 5.61. The van der Waals surface area contributed by atoms with Gasteiger partial charge in [0.1, 0.15) is 0 Å². The quantitative estimate of drug-likeness (QED) is 0.660. The van der Waals surface area contributed by atoms with Gasteiger partial charge in [-0.2, -0.15) is 0 Å². The van der Waals surface area contributed by atoms with Crippen molar-refractivity contribution in [3.05, 3.63) is 21.3 Å². The van der Waals surface area contributed by atoms with E-state index in [1.807, 2.05) is 13.1 Å². The van der Waals surface area contributed by atoms with Gasteiger partial charge in [-0.25, -0.2) is 0 Å². The van der Waals surface area contributed by atoms with Gasteiger partial charge < -0.3 is 10.2 Å². The molecule has 4 nitrogen and oxygen atoms in total. The van der Waals surface area contributed by atoms with Crippen molar-refractivity contribution in [2.45, 2.75) is 25.8 Å². The number of aliphatic imine (C=N–C) groups is 1. The summed E-state index contributed by atoms with van der Waals surface area (Å²) in [7, 11) is 1.89. The van der Waals surface area contributed by atoms with Gasteiger partial charge in [-0.1, -0.05) is 24.4 Å². The van der Waals surface area contributed by atoms with Crippen LogP contribution < -0.4 is 5.32 Å². The fraction of sp³-hybridized carbons (Fsp3) is 0.688. The molecule has 0 atom stereocenters. The van der Waals surface area contributed by atoms with E-state index < -0.39 is 0 Å². The molecule has 6 heteroatoms. The lowest BCUT2D eigenvalue weighted by Crippen LogP contribution is -2.52. The van der Waals surface area contributed by atoms with Crippen LogP contribution in [0.1, 0.15) is 24.1 Å². The van der Waals surface area contributed by atoms with Gasteiger partial charge in [-0.3, -0.25) is 9.89 Å². The van der Waals surface area contributed by atoms with E-state index in [-0.39, 0.29) is 0 Å². The lowest BCUT2D eigenvalue weighted by molar-refractivity contribution is 0.173. The van der Waals surface area contributed by atoms with Crippen molar-refractivity contribution in [1.82, 2.24) is 15.1 Å². The third-order valence-electron chi connectivity index (χ3n) is 4.42. The predicted molar refractivity (Wildman–Crippen MR) is 94.9 cm³/mol. The van der Waals surface area contributed by atoms with E-state index in [0.29, 0.717) is 0 Å². The van der Waals surface area contributed by atoms with Gasteiger partial charge in [-0.15, -0.1) is 11.3 Å². The number of guanidine groups is 1. The van der Waals surface area contributed by atoms with Gasteiger partial charge in [0.05, 0.1) is 4.34 Å². The van der Waals surface area contributed by atoms with Gasteiger partial charge in [0.25, 0.3) is 0 Å². The summed E-state index contributed by atoms with van der Waals surface area (Å²) in [5, 5.41) is 3.52. The maximum atomic E-state index is 6.00. The minimum absolute atomic E-state index is 0.883. The first-order valence-electron chi connectivity index (χ1n) is 8.17. The second-order valence-corrected chi connectivity index (χ2v) is 7.97. The van der Waals surface area contributed by atoms with Crippen LogP contribution in [0, 0.1) is 5.92 Å². The molecule has 1 saturated heterocycles. The molecule has 0 bridgehead atoms. The third kappa shape index (κ3) is 4.61. The van der Waals surface area contributed by atoms with Crippen LogP contribution in [0.5, 0.6) is 0 Å².